The van der Waals surface area contributed by atoms with Crippen LogP contribution in [0.1, 0.15) is 55.6 Å². The molecule has 0 unspecified atom stereocenters. The van der Waals surface area contributed by atoms with Gasteiger partial charge in [-0.15, -0.1) is 0 Å². The molecule has 2 aliphatic heterocycles. The molecule has 1 amide bonds. The van der Waals surface area contributed by atoms with Gasteiger partial charge in [-0.25, -0.2) is 0 Å². The summed E-state index contributed by atoms with van der Waals surface area (Å²) in [6, 6.07) is 22.1. The van der Waals surface area contributed by atoms with Crippen LogP contribution in [0.5, 0.6) is 0 Å². The molecule has 0 radical (unpaired) electrons. The third-order valence-corrected chi connectivity index (χ3v) is 7.21. The topological polar surface area (TPSA) is 32.3 Å². The molecule has 3 fully saturated rings. The summed E-state index contributed by atoms with van der Waals surface area (Å²) in [6.07, 6.45) is 6.59. The first-order valence-corrected chi connectivity index (χ1v) is 10.9. The van der Waals surface area contributed by atoms with Gasteiger partial charge in [-0.1, -0.05) is 67.1 Å². The standard InChI is InChI=1S/C25H30N2O/c28-24(25(15-16-25)20-11-5-2-6-12-20)27-18-14-21(19-9-3-1-4-10-19)23-22(27)13-7-8-17-26-23/h1-6,9-12,21-23,26H,7-8,13-18H2/t21-,22-,23-/m1/s1. The fourth-order valence-electron chi connectivity index (χ4n) is 5.56. The maximum Gasteiger partial charge on any atom is 0.233 e. The molecule has 3 nitrogen and oxygen atoms in total. The van der Waals surface area contributed by atoms with Gasteiger partial charge in [-0.3, -0.25) is 4.79 Å². The molecule has 146 valence electrons. The van der Waals surface area contributed by atoms with Gasteiger partial charge in [0.1, 0.15) is 0 Å². The minimum atomic E-state index is -0.252. The van der Waals surface area contributed by atoms with Gasteiger partial charge in [0.05, 0.1) is 5.41 Å². The van der Waals surface area contributed by atoms with Crippen molar-refractivity contribution in [3.63, 3.8) is 0 Å². The van der Waals surface area contributed by atoms with Crippen LogP contribution < -0.4 is 5.32 Å². The van der Waals surface area contributed by atoms with Gasteiger partial charge in [0.2, 0.25) is 5.91 Å². The number of rotatable bonds is 3. The first kappa shape index (κ1) is 17.9. The minimum absolute atomic E-state index is 0.252. The van der Waals surface area contributed by atoms with E-state index >= 15 is 0 Å². The summed E-state index contributed by atoms with van der Waals surface area (Å²) < 4.78 is 0. The highest BCUT2D eigenvalue weighted by Gasteiger charge is 2.55. The van der Waals surface area contributed by atoms with Gasteiger partial charge < -0.3 is 10.2 Å². The molecular formula is C25H30N2O. The zero-order valence-corrected chi connectivity index (χ0v) is 16.5. The van der Waals surface area contributed by atoms with Crippen LogP contribution in [-0.4, -0.2) is 36.0 Å². The Morgan fingerprint density at radius 3 is 2.36 bits per heavy atom. The molecule has 2 aromatic rings. The second-order valence-electron chi connectivity index (χ2n) is 8.80. The van der Waals surface area contributed by atoms with E-state index in [9.17, 15) is 4.79 Å². The highest BCUT2D eigenvalue weighted by atomic mass is 16.2. The van der Waals surface area contributed by atoms with E-state index in [2.05, 4.69) is 64.8 Å². The lowest BCUT2D eigenvalue weighted by molar-refractivity contribution is -0.139. The van der Waals surface area contributed by atoms with Crippen LogP contribution in [-0.2, 0) is 10.2 Å². The van der Waals surface area contributed by atoms with Crippen LogP contribution in [0, 0.1) is 0 Å². The number of amides is 1. The highest BCUT2D eigenvalue weighted by Crippen LogP contribution is 2.51. The maximum atomic E-state index is 13.8. The van der Waals surface area contributed by atoms with E-state index in [-0.39, 0.29) is 5.41 Å². The molecule has 3 aliphatic rings. The zero-order chi connectivity index (χ0) is 19.0. The Hall–Kier alpha value is -2.13. The number of benzene rings is 2. The van der Waals surface area contributed by atoms with E-state index in [1.807, 2.05) is 6.07 Å². The average molecular weight is 375 g/mol. The SMILES string of the molecule is O=C(N1CC[C@H](c2ccccc2)[C@H]2NCCCC[C@H]21)C1(c2ccccc2)CC1. The number of hydrogen-bond donors (Lipinski definition) is 1. The van der Waals surface area contributed by atoms with Crippen LogP contribution in [0.2, 0.25) is 0 Å². The first-order valence-electron chi connectivity index (χ1n) is 10.9. The van der Waals surface area contributed by atoms with Crippen molar-refractivity contribution in [2.75, 3.05) is 13.1 Å². The molecule has 2 saturated heterocycles. The third kappa shape index (κ3) is 3.06. The molecule has 0 spiro atoms. The number of carbonyl (C=O) groups is 1. The summed E-state index contributed by atoms with van der Waals surface area (Å²) >= 11 is 0. The summed E-state index contributed by atoms with van der Waals surface area (Å²) in [5, 5.41) is 3.83. The molecule has 0 bridgehead atoms. The van der Waals surface area contributed by atoms with E-state index in [1.54, 1.807) is 0 Å². The van der Waals surface area contributed by atoms with Crippen LogP contribution in [0.15, 0.2) is 60.7 Å². The average Bonchev–Trinajstić information content (AvgIpc) is 3.58. The number of carbonyl (C=O) groups excluding carboxylic acids is 1. The van der Waals surface area contributed by atoms with E-state index in [0.717, 1.165) is 38.8 Å². The Balaban J connectivity index is 1.44. The van der Waals surface area contributed by atoms with Crippen molar-refractivity contribution in [2.45, 2.75) is 61.9 Å². The van der Waals surface area contributed by atoms with Gasteiger partial charge in [0.15, 0.2) is 0 Å². The second kappa shape index (κ2) is 7.36. The molecular weight excluding hydrogens is 344 g/mol. The molecule has 0 aromatic heterocycles. The predicted octanol–water partition coefficient (Wildman–Crippen LogP) is 4.25. The minimum Gasteiger partial charge on any atom is -0.337 e. The quantitative estimate of drug-likeness (QED) is 0.871. The number of nitrogens with one attached hydrogen (secondary N) is 1. The molecule has 1 N–H and O–H groups in total. The highest BCUT2D eigenvalue weighted by molar-refractivity contribution is 5.91. The maximum absolute atomic E-state index is 13.8. The van der Waals surface area contributed by atoms with Crippen LogP contribution in [0.4, 0.5) is 0 Å². The first-order chi connectivity index (χ1) is 13.8. The number of likely N-dealkylation sites (tertiary alicyclic amines) is 1. The molecule has 5 rings (SSSR count). The van der Waals surface area contributed by atoms with Crippen LogP contribution in [0.3, 0.4) is 0 Å². The summed E-state index contributed by atoms with van der Waals surface area (Å²) in [6.45, 7) is 1.95. The normalized spacial score (nSPS) is 28.9. The molecule has 2 heterocycles. The van der Waals surface area contributed by atoms with Crippen molar-refractivity contribution >= 4 is 5.91 Å². The Labute approximate surface area is 168 Å². The van der Waals surface area contributed by atoms with Crippen molar-refractivity contribution in [1.29, 1.82) is 0 Å². The Bertz CT molecular complexity index is 815. The molecule has 3 heteroatoms. The largest absolute Gasteiger partial charge is 0.337 e. The molecule has 28 heavy (non-hydrogen) atoms. The smallest absolute Gasteiger partial charge is 0.233 e. The Kier molecular flexibility index (Phi) is 4.72. The lowest BCUT2D eigenvalue weighted by atomic mass is 9.78. The van der Waals surface area contributed by atoms with Gasteiger partial charge in [-0.2, -0.15) is 0 Å². The van der Waals surface area contributed by atoms with E-state index in [1.165, 1.54) is 24.0 Å². The Morgan fingerprint density at radius 2 is 1.64 bits per heavy atom. The van der Waals surface area contributed by atoms with Crippen LogP contribution in [0.25, 0.3) is 0 Å². The second-order valence-corrected chi connectivity index (χ2v) is 8.80. The number of nitrogens with zero attached hydrogens (tertiary/aromatic N) is 1. The van der Waals surface area contributed by atoms with Crippen molar-refractivity contribution < 1.29 is 4.79 Å². The van der Waals surface area contributed by atoms with Gasteiger partial charge >= 0.3 is 0 Å². The van der Waals surface area contributed by atoms with Crippen molar-refractivity contribution in [2.24, 2.45) is 0 Å². The molecule has 1 saturated carbocycles. The summed E-state index contributed by atoms with van der Waals surface area (Å²) in [5.74, 6) is 0.879. The van der Waals surface area contributed by atoms with Crippen molar-refractivity contribution in [3.05, 3.63) is 71.8 Å². The molecule has 3 atom stereocenters. The third-order valence-electron chi connectivity index (χ3n) is 7.21. The van der Waals surface area contributed by atoms with Crippen molar-refractivity contribution in [3.8, 4) is 0 Å². The number of piperidine rings is 1. The number of hydrogen-bond acceptors (Lipinski definition) is 2. The van der Waals surface area contributed by atoms with E-state index in [0.29, 0.717) is 23.9 Å². The van der Waals surface area contributed by atoms with E-state index in [4.69, 9.17) is 0 Å². The van der Waals surface area contributed by atoms with Crippen LogP contribution >= 0.6 is 0 Å². The van der Waals surface area contributed by atoms with Gasteiger partial charge in [0.25, 0.3) is 0 Å². The summed E-state index contributed by atoms with van der Waals surface area (Å²) in [4.78, 5) is 16.1. The number of fused-ring (bicyclic) bond motifs is 1. The molecule has 1 aliphatic carbocycles. The fraction of sp³-hybridized carbons (Fsp3) is 0.480. The van der Waals surface area contributed by atoms with E-state index < -0.39 is 0 Å². The van der Waals surface area contributed by atoms with Gasteiger partial charge in [0, 0.05) is 24.5 Å². The monoisotopic (exact) mass is 374 g/mol. The van der Waals surface area contributed by atoms with Gasteiger partial charge in [-0.05, 0) is 49.8 Å². The molecule has 2 aromatic carbocycles. The fourth-order valence-corrected chi connectivity index (χ4v) is 5.56. The Morgan fingerprint density at radius 1 is 0.929 bits per heavy atom. The summed E-state index contributed by atoms with van der Waals surface area (Å²) in [7, 11) is 0. The predicted molar refractivity (Wildman–Crippen MR) is 112 cm³/mol. The van der Waals surface area contributed by atoms with Crippen molar-refractivity contribution in [1.82, 2.24) is 10.2 Å². The zero-order valence-electron chi connectivity index (χ0n) is 16.5. The summed E-state index contributed by atoms with van der Waals surface area (Å²) in [5.41, 5.74) is 2.38. The lowest BCUT2D eigenvalue weighted by Crippen LogP contribution is -2.59. The lowest BCUT2D eigenvalue weighted by Gasteiger charge is -2.46.